The molecule has 1 aromatic carbocycles. The van der Waals surface area contributed by atoms with Crippen molar-refractivity contribution in [3.63, 3.8) is 0 Å². The number of nitrogens with zero attached hydrogens (tertiary/aromatic N) is 1. The summed E-state index contributed by atoms with van der Waals surface area (Å²) >= 11 is 0. The molecule has 0 radical (unpaired) electrons. The van der Waals surface area contributed by atoms with E-state index < -0.39 is 38.6 Å². The lowest BCUT2D eigenvalue weighted by Crippen LogP contribution is -2.47. The first-order valence-corrected chi connectivity index (χ1v) is 8.50. The molecule has 1 aromatic rings. The number of benzene rings is 1. The maximum Gasteiger partial charge on any atom is 0.417 e. The second kappa shape index (κ2) is 7.31. The molecule has 0 aliphatic carbocycles. The average molecular weight is 352 g/mol. The third kappa shape index (κ3) is 4.68. The Hall–Kier alpha value is -1.61. The molecule has 0 heterocycles. The molecule has 0 aromatic heterocycles. The van der Waals surface area contributed by atoms with Crippen molar-refractivity contribution in [1.82, 2.24) is 9.62 Å². The van der Waals surface area contributed by atoms with Gasteiger partial charge >= 0.3 is 6.18 Å². The van der Waals surface area contributed by atoms with Crippen LogP contribution in [0.4, 0.5) is 13.2 Å². The van der Waals surface area contributed by atoms with Crippen LogP contribution < -0.4 is 4.72 Å². The molecule has 1 amide bonds. The van der Waals surface area contributed by atoms with Gasteiger partial charge in [-0.25, -0.2) is 8.42 Å². The number of carbonyl (C=O) groups is 1. The fraction of sp³-hybridized carbons (Fsp3) is 0.500. The van der Waals surface area contributed by atoms with E-state index in [0.717, 1.165) is 12.1 Å². The van der Waals surface area contributed by atoms with Gasteiger partial charge in [0.15, 0.2) is 0 Å². The quantitative estimate of drug-likeness (QED) is 0.854. The van der Waals surface area contributed by atoms with E-state index in [-0.39, 0.29) is 0 Å². The highest BCUT2D eigenvalue weighted by atomic mass is 32.2. The Morgan fingerprint density at radius 2 is 1.74 bits per heavy atom. The number of hydrogen-bond donors (Lipinski definition) is 1. The van der Waals surface area contributed by atoms with E-state index in [1.165, 1.54) is 17.9 Å². The van der Waals surface area contributed by atoms with Crippen molar-refractivity contribution in [3.8, 4) is 0 Å². The third-order valence-corrected chi connectivity index (χ3v) is 4.86. The second-order valence-corrected chi connectivity index (χ2v) is 6.53. The Morgan fingerprint density at radius 1 is 1.22 bits per heavy atom. The molecule has 130 valence electrons. The van der Waals surface area contributed by atoms with E-state index in [0.29, 0.717) is 19.2 Å². The zero-order valence-corrected chi connectivity index (χ0v) is 13.8. The molecule has 0 spiro atoms. The predicted molar refractivity (Wildman–Crippen MR) is 79.2 cm³/mol. The van der Waals surface area contributed by atoms with Crippen molar-refractivity contribution in [2.75, 3.05) is 13.1 Å². The van der Waals surface area contributed by atoms with E-state index >= 15 is 0 Å². The lowest BCUT2D eigenvalue weighted by molar-refractivity contribution is -0.139. The van der Waals surface area contributed by atoms with Gasteiger partial charge in [-0.3, -0.25) is 4.79 Å². The number of hydrogen-bond acceptors (Lipinski definition) is 3. The van der Waals surface area contributed by atoms with Crippen molar-refractivity contribution < 1.29 is 26.4 Å². The van der Waals surface area contributed by atoms with Gasteiger partial charge in [-0.05, 0) is 32.9 Å². The summed E-state index contributed by atoms with van der Waals surface area (Å²) in [6.07, 6.45) is -4.81. The van der Waals surface area contributed by atoms with Crippen LogP contribution in [0.2, 0.25) is 0 Å². The first kappa shape index (κ1) is 19.4. The molecule has 5 nitrogen and oxygen atoms in total. The first-order valence-electron chi connectivity index (χ1n) is 7.01. The summed E-state index contributed by atoms with van der Waals surface area (Å²) in [5.74, 6) is -0.497. The molecule has 1 atom stereocenters. The van der Waals surface area contributed by atoms with Crippen molar-refractivity contribution in [2.45, 2.75) is 37.9 Å². The summed E-state index contributed by atoms with van der Waals surface area (Å²) in [5.41, 5.74) is -1.27. The molecule has 1 rings (SSSR count). The molecule has 23 heavy (non-hydrogen) atoms. The Balaban J connectivity index is 3.13. The van der Waals surface area contributed by atoms with Gasteiger partial charge in [0.2, 0.25) is 15.9 Å². The molecule has 0 saturated heterocycles. The summed E-state index contributed by atoms with van der Waals surface area (Å²) in [5, 5.41) is 0. The normalized spacial score (nSPS) is 13.7. The summed E-state index contributed by atoms with van der Waals surface area (Å²) in [6.45, 7) is 5.50. The molecular formula is C14H19F3N2O3S. The zero-order valence-electron chi connectivity index (χ0n) is 13.0. The molecule has 0 saturated carbocycles. The van der Waals surface area contributed by atoms with Gasteiger partial charge < -0.3 is 4.90 Å². The topological polar surface area (TPSA) is 66.5 Å². The molecule has 0 aliphatic rings. The highest BCUT2D eigenvalue weighted by Gasteiger charge is 2.37. The summed E-state index contributed by atoms with van der Waals surface area (Å²) in [6, 6.07) is 2.68. The van der Waals surface area contributed by atoms with Crippen molar-refractivity contribution >= 4 is 15.9 Å². The van der Waals surface area contributed by atoms with Crippen molar-refractivity contribution in [3.05, 3.63) is 29.8 Å². The standard InChI is InChI=1S/C14H19F3N2O3S/c1-4-19(5-2)13(20)10(3)18-23(21,22)12-9-7-6-8-11(12)14(15,16)17/h6-10,18H,4-5H2,1-3H3/t10-/m0/s1. The highest BCUT2D eigenvalue weighted by molar-refractivity contribution is 7.89. The Morgan fingerprint density at radius 3 is 2.22 bits per heavy atom. The van der Waals surface area contributed by atoms with Gasteiger partial charge in [0.05, 0.1) is 16.5 Å². The molecule has 0 fully saturated rings. The van der Waals surface area contributed by atoms with Gasteiger partial charge in [-0.15, -0.1) is 0 Å². The van der Waals surface area contributed by atoms with Gasteiger partial charge in [0.1, 0.15) is 0 Å². The van der Waals surface area contributed by atoms with Crippen LogP contribution in [0.25, 0.3) is 0 Å². The maximum atomic E-state index is 12.9. The van der Waals surface area contributed by atoms with Crippen molar-refractivity contribution in [2.24, 2.45) is 0 Å². The molecule has 9 heteroatoms. The van der Waals surface area contributed by atoms with Crippen LogP contribution in [-0.2, 0) is 21.0 Å². The lowest BCUT2D eigenvalue weighted by atomic mass is 10.2. The number of carbonyl (C=O) groups excluding carboxylic acids is 1. The molecule has 0 aliphatic heterocycles. The second-order valence-electron chi connectivity index (χ2n) is 4.85. The van der Waals surface area contributed by atoms with Crippen LogP contribution in [0.5, 0.6) is 0 Å². The van der Waals surface area contributed by atoms with Gasteiger partial charge in [-0.1, -0.05) is 12.1 Å². The van der Waals surface area contributed by atoms with Gasteiger partial charge in [0, 0.05) is 13.1 Å². The minimum absolute atomic E-state index is 0.376. The Kier molecular flexibility index (Phi) is 6.18. The van der Waals surface area contributed by atoms with Crippen LogP contribution in [0.1, 0.15) is 26.3 Å². The smallest absolute Gasteiger partial charge is 0.342 e. The van der Waals surface area contributed by atoms with Crippen LogP contribution in [-0.4, -0.2) is 38.4 Å². The third-order valence-electron chi connectivity index (χ3n) is 3.26. The van der Waals surface area contributed by atoms with E-state index in [2.05, 4.69) is 0 Å². The fourth-order valence-electron chi connectivity index (χ4n) is 2.09. The van der Waals surface area contributed by atoms with Gasteiger partial charge in [0.25, 0.3) is 0 Å². The molecule has 0 bridgehead atoms. The summed E-state index contributed by atoms with van der Waals surface area (Å²) in [4.78, 5) is 12.6. The first-order chi connectivity index (χ1) is 10.5. The number of likely N-dealkylation sites (N-methyl/N-ethyl adjacent to an activating group) is 1. The van der Waals surface area contributed by atoms with Crippen LogP contribution >= 0.6 is 0 Å². The lowest BCUT2D eigenvalue weighted by Gasteiger charge is -2.23. The number of halogens is 3. The predicted octanol–water partition coefficient (Wildman–Crippen LogP) is 2.24. The number of nitrogens with one attached hydrogen (secondary N) is 1. The van der Waals surface area contributed by atoms with Crippen molar-refractivity contribution in [1.29, 1.82) is 0 Å². The van der Waals surface area contributed by atoms with Crippen LogP contribution in [0, 0.1) is 0 Å². The monoisotopic (exact) mass is 352 g/mol. The van der Waals surface area contributed by atoms with Crippen LogP contribution in [0.15, 0.2) is 29.2 Å². The summed E-state index contributed by atoms with van der Waals surface area (Å²) in [7, 11) is -4.49. The maximum absolute atomic E-state index is 12.9. The van der Waals surface area contributed by atoms with E-state index in [1.807, 2.05) is 4.72 Å². The highest BCUT2D eigenvalue weighted by Crippen LogP contribution is 2.33. The minimum atomic E-state index is -4.81. The Bertz CT molecular complexity index is 655. The number of sulfonamides is 1. The molecular weight excluding hydrogens is 333 g/mol. The van der Waals surface area contributed by atoms with E-state index in [1.54, 1.807) is 13.8 Å². The largest absolute Gasteiger partial charge is 0.417 e. The van der Waals surface area contributed by atoms with E-state index in [9.17, 15) is 26.4 Å². The summed E-state index contributed by atoms with van der Waals surface area (Å²) < 4.78 is 65.3. The molecule has 0 unspecified atom stereocenters. The number of alkyl halides is 3. The minimum Gasteiger partial charge on any atom is -0.342 e. The van der Waals surface area contributed by atoms with Crippen LogP contribution in [0.3, 0.4) is 0 Å². The average Bonchev–Trinajstić information content (AvgIpc) is 2.47. The SMILES string of the molecule is CCN(CC)C(=O)[C@H](C)NS(=O)(=O)c1ccccc1C(F)(F)F. The fourth-order valence-corrected chi connectivity index (χ4v) is 3.52. The van der Waals surface area contributed by atoms with Gasteiger partial charge in [-0.2, -0.15) is 17.9 Å². The zero-order chi connectivity index (χ0) is 17.8. The number of amides is 1. The van der Waals surface area contributed by atoms with E-state index in [4.69, 9.17) is 0 Å². The number of rotatable bonds is 6. The Labute approximate surface area is 133 Å². The molecule has 1 N–H and O–H groups in total.